The molecule has 118 valence electrons. The average molecular weight is 300 g/mol. The normalized spacial score (nSPS) is 12.5. The number of allylic oxidation sites excluding steroid dienone is 1. The number of likely N-dealkylation sites (N-methyl/N-ethyl adjacent to an activating group) is 1. The van der Waals surface area contributed by atoms with Crippen molar-refractivity contribution in [3.63, 3.8) is 0 Å². The van der Waals surface area contributed by atoms with Crippen LogP contribution in [0.5, 0.6) is 0 Å². The number of aromatic nitrogens is 3. The van der Waals surface area contributed by atoms with Crippen molar-refractivity contribution in [3.8, 4) is 0 Å². The molecule has 0 N–H and O–H groups in total. The molecule has 0 saturated heterocycles. The lowest BCUT2D eigenvalue weighted by molar-refractivity contribution is 0.0999. The lowest BCUT2D eigenvalue weighted by atomic mass is 10.1. The zero-order valence-electron chi connectivity index (χ0n) is 13.6. The number of nitrogens with zero attached hydrogens (tertiary/aromatic N) is 4. The van der Waals surface area contributed by atoms with Gasteiger partial charge in [0.1, 0.15) is 0 Å². The summed E-state index contributed by atoms with van der Waals surface area (Å²) in [4.78, 5) is 6.71. The highest BCUT2D eigenvalue weighted by Crippen LogP contribution is 2.20. The number of aryl methyl sites for hydroxylation is 1. The van der Waals surface area contributed by atoms with E-state index in [1.807, 2.05) is 42.1 Å². The molecule has 0 aliphatic rings. The van der Waals surface area contributed by atoms with Crippen LogP contribution in [0.2, 0.25) is 0 Å². The largest absolute Gasteiger partial charge is 0.383 e. The Morgan fingerprint density at radius 1 is 1.45 bits per heavy atom. The summed E-state index contributed by atoms with van der Waals surface area (Å²) in [6.07, 6.45) is 5.75. The van der Waals surface area contributed by atoms with Gasteiger partial charge in [0.15, 0.2) is 0 Å². The molecule has 2 heterocycles. The Morgan fingerprint density at radius 3 is 2.91 bits per heavy atom. The maximum atomic E-state index is 5.38. The standard InChI is InChI=1S/C17H24N4O/c1-5-10-21-12-15(14(2)19-21)11-20(3)17(13-22-4)16-8-6-7-9-18-16/h5-9,12,17H,1,10-11,13H2,2-4H3. The first-order chi connectivity index (χ1) is 10.7. The van der Waals surface area contributed by atoms with E-state index in [9.17, 15) is 0 Å². The second-order valence-corrected chi connectivity index (χ2v) is 5.39. The number of hydrogen-bond donors (Lipinski definition) is 0. The molecule has 0 spiro atoms. The molecule has 1 unspecified atom stereocenters. The third-order valence-corrected chi connectivity index (χ3v) is 3.67. The van der Waals surface area contributed by atoms with E-state index in [2.05, 4.69) is 34.8 Å². The Hall–Kier alpha value is -1.98. The van der Waals surface area contributed by atoms with Gasteiger partial charge in [-0.3, -0.25) is 14.6 Å². The minimum Gasteiger partial charge on any atom is -0.383 e. The third kappa shape index (κ3) is 4.02. The minimum absolute atomic E-state index is 0.119. The average Bonchev–Trinajstić information content (AvgIpc) is 2.85. The van der Waals surface area contributed by atoms with Gasteiger partial charge in [-0.25, -0.2) is 0 Å². The molecule has 2 rings (SSSR count). The molecule has 0 aromatic carbocycles. The van der Waals surface area contributed by atoms with Crippen molar-refractivity contribution >= 4 is 0 Å². The molecule has 5 nitrogen and oxygen atoms in total. The van der Waals surface area contributed by atoms with Crippen molar-refractivity contribution in [3.05, 3.63) is 60.2 Å². The Labute approximate surface area is 132 Å². The summed E-state index contributed by atoms with van der Waals surface area (Å²) in [5, 5.41) is 4.50. The number of hydrogen-bond acceptors (Lipinski definition) is 4. The molecule has 2 aromatic rings. The second-order valence-electron chi connectivity index (χ2n) is 5.39. The van der Waals surface area contributed by atoms with Crippen LogP contribution in [0.4, 0.5) is 0 Å². The summed E-state index contributed by atoms with van der Waals surface area (Å²) in [6.45, 7) is 7.92. The Kier molecular flexibility index (Phi) is 5.86. The summed E-state index contributed by atoms with van der Waals surface area (Å²) in [5.74, 6) is 0. The van der Waals surface area contributed by atoms with Gasteiger partial charge in [-0.2, -0.15) is 5.10 Å². The summed E-state index contributed by atoms with van der Waals surface area (Å²) >= 11 is 0. The number of methoxy groups -OCH3 is 1. The van der Waals surface area contributed by atoms with Gasteiger partial charge in [-0.15, -0.1) is 6.58 Å². The Bertz CT molecular complexity index is 594. The highest BCUT2D eigenvalue weighted by molar-refractivity contribution is 5.17. The number of rotatable bonds is 8. The van der Waals surface area contributed by atoms with Crippen LogP contribution in [0.1, 0.15) is 23.0 Å². The summed E-state index contributed by atoms with van der Waals surface area (Å²) in [7, 11) is 3.81. The third-order valence-electron chi connectivity index (χ3n) is 3.67. The molecule has 5 heteroatoms. The molecular weight excluding hydrogens is 276 g/mol. The van der Waals surface area contributed by atoms with Crippen molar-refractivity contribution in [1.82, 2.24) is 19.7 Å². The second kappa shape index (κ2) is 7.87. The maximum Gasteiger partial charge on any atom is 0.0757 e. The van der Waals surface area contributed by atoms with Gasteiger partial charge < -0.3 is 4.74 Å². The molecular formula is C17H24N4O. The van der Waals surface area contributed by atoms with E-state index < -0.39 is 0 Å². The predicted molar refractivity (Wildman–Crippen MR) is 87.5 cm³/mol. The van der Waals surface area contributed by atoms with Crippen LogP contribution < -0.4 is 0 Å². The monoisotopic (exact) mass is 300 g/mol. The molecule has 0 fully saturated rings. The van der Waals surface area contributed by atoms with Gasteiger partial charge in [0.05, 0.1) is 30.6 Å². The van der Waals surface area contributed by atoms with Crippen molar-refractivity contribution < 1.29 is 4.74 Å². The molecule has 0 radical (unpaired) electrons. The van der Waals surface area contributed by atoms with E-state index in [0.29, 0.717) is 6.61 Å². The van der Waals surface area contributed by atoms with Crippen LogP contribution in [-0.4, -0.2) is 40.4 Å². The lowest BCUT2D eigenvalue weighted by Gasteiger charge is -2.26. The van der Waals surface area contributed by atoms with Gasteiger partial charge >= 0.3 is 0 Å². The van der Waals surface area contributed by atoms with E-state index in [-0.39, 0.29) is 6.04 Å². The molecule has 2 aromatic heterocycles. The van der Waals surface area contributed by atoms with Crippen LogP contribution in [0, 0.1) is 6.92 Å². The molecule has 1 atom stereocenters. The zero-order valence-corrected chi connectivity index (χ0v) is 13.6. The smallest absolute Gasteiger partial charge is 0.0757 e. The molecule has 0 amide bonds. The van der Waals surface area contributed by atoms with Crippen LogP contribution in [-0.2, 0) is 17.8 Å². The molecule has 0 bridgehead atoms. The van der Waals surface area contributed by atoms with Crippen molar-refractivity contribution in [1.29, 1.82) is 0 Å². The predicted octanol–water partition coefficient (Wildman–Crippen LogP) is 2.59. The first-order valence-electron chi connectivity index (χ1n) is 7.39. The SMILES string of the molecule is C=CCn1cc(CN(C)C(COC)c2ccccn2)c(C)n1. The summed E-state index contributed by atoms with van der Waals surface area (Å²) in [6, 6.07) is 6.09. The van der Waals surface area contributed by atoms with Gasteiger partial charge in [-0.05, 0) is 26.1 Å². The quantitative estimate of drug-likeness (QED) is 0.703. The first-order valence-corrected chi connectivity index (χ1v) is 7.39. The summed E-state index contributed by atoms with van der Waals surface area (Å²) in [5.41, 5.74) is 3.27. The van der Waals surface area contributed by atoms with Gasteiger partial charge in [-0.1, -0.05) is 12.1 Å². The maximum absolute atomic E-state index is 5.38. The zero-order chi connectivity index (χ0) is 15.9. The van der Waals surface area contributed by atoms with E-state index in [1.165, 1.54) is 5.56 Å². The van der Waals surface area contributed by atoms with Crippen molar-refractivity contribution in [2.75, 3.05) is 20.8 Å². The fourth-order valence-electron chi connectivity index (χ4n) is 2.49. The summed E-state index contributed by atoms with van der Waals surface area (Å²) < 4.78 is 7.29. The molecule has 0 aliphatic heterocycles. The molecule has 0 aliphatic carbocycles. The van der Waals surface area contributed by atoms with E-state index in [1.54, 1.807) is 7.11 Å². The highest BCUT2D eigenvalue weighted by Gasteiger charge is 2.19. The Morgan fingerprint density at radius 2 is 2.27 bits per heavy atom. The van der Waals surface area contributed by atoms with Gasteiger partial charge in [0.2, 0.25) is 0 Å². The minimum atomic E-state index is 0.119. The van der Waals surface area contributed by atoms with Crippen LogP contribution in [0.15, 0.2) is 43.2 Å². The fourth-order valence-corrected chi connectivity index (χ4v) is 2.49. The molecule has 22 heavy (non-hydrogen) atoms. The van der Waals surface area contributed by atoms with Gasteiger partial charge in [0, 0.05) is 31.6 Å². The van der Waals surface area contributed by atoms with E-state index >= 15 is 0 Å². The molecule has 0 saturated carbocycles. The van der Waals surface area contributed by atoms with Crippen LogP contribution in [0.25, 0.3) is 0 Å². The van der Waals surface area contributed by atoms with Gasteiger partial charge in [0.25, 0.3) is 0 Å². The number of pyridine rings is 1. The van der Waals surface area contributed by atoms with Crippen molar-refractivity contribution in [2.24, 2.45) is 0 Å². The van der Waals surface area contributed by atoms with Crippen molar-refractivity contribution in [2.45, 2.75) is 26.1 Å². The lowest BCUT2D eigenvalue weighted by Crippen LogP contribution is -2.28. The first kappa shape index (κ1) is 16.4. The fraction of sp³-hybridized carbons (Fsp3) is 0.412. The number of ether oxygens (including phenoxy) is 1. The van der Waals surface area contributed by atoms with Crippen LogP contribution >= 0.6 is 0 Å². The highest BCUT2D eigenvalue weighted by atomic mass is 16.5. The van der Waals surface area contributed by atoms with Crippen LogP contribution in [0.3, 0.4) is 0 Å². The Balaban J connectivity index is 2.14. The topological polar surface area (TPSA) is 43.2 Å². The van der Waals surface area contributed by atoms with E-state index in [0.717, 1.165) is 24.5 Å². The van der Waals surface area contributed by atoms with E-state index in [4.69, 9.17) is 4.74 Å².